The van der Waals surface area contributed by atoms with Crippen molar-refractivity contribution in [3.63, 3.8) is 0 Å². The van der Waals surface area contributed by atoms with Crippen molar-refractivity contribution in [2.45, 2.75) is 51.6 Å². The molecule has 1 heterocycles. The smallest absolute Gasteiger partial charge is 0.320 e. The van der Waals surface area contributed by atoms with Crippen molar-refractivity contribution in [3.05, 3.63) is 0 Å². The van der Waals surface area contributed by atoms with Gasteiger partial charge in [-0.3, -0.25) is 4.79 Å². The van der Waals surface area contributed by atoms with Crippen LogP contribution < -0.4 is 0 Å². The van der Waals surface area contributed by atoms with Crippen molar-refractivity contribution >= 4 is 12.0 Å². The Balaban J connectivity index is 2.79. The average Bonchev–Trinajstić information content (AvgIpc) is 2.74. The highest BCUT2D eigenvalue weighted by Crippen LogP contribution is 2.23. The summed E-state index contributed by atoms with van der Waals surface area (Å²) in [6.07, 6.45) is 1.62. The summed E-state index contributed by atoms with van der Waals surface area (Å²) < 4.78 is 0. The minimum atomic E-state index is -0.915. The third-order valence-corrected chi connectivity index (χ3v) is 3.42. The van der Waals surface area contributed by atoms with E-state index < -0.39 is 11.5 Å². The first-order valence-corrected chi connectivity index (χ1v) is 6.68. The fourth-order valence-corrected chi connectivity index (χ4v) is 2.36. The first-order valence-electron chi connectivity index (χ1n) is 6.68. The van der Waals surface area contributed by atoms with Crippen molar-refractivity contribution in [3.8, 4) is 0 Å². The molecular formula is C13H24N2O4. The number of aliphatic hydroxyl groups excluding tert-OH is 1. The van der Waals surface area contributed by atoms with Crippen LogP contribution in [0.2, 0.25) is 0 Å². The van der Waals surface area contributed by atoms with Gasteiger partial charge in [0, 0.05) is 18.6 Å². The Kier molecular flexibility index (Phi) is 5.17. The molecule has 0 saturated carbocycles. The van der Waals surface area contributed by atoms with Crippen LogP contribution in [0.4, 0.5) is 4.79 Å². The highest BCUT2D eigenvalue weighted by molar-refractivity contribution is 5.77. The molecule has 1 atom stereocenters. The molecule has 6 nitrogen and oxygen atoms in total. The average molecular weight is 272 g/mol. The lowest BCUT2D eigenvalue weighted by atomic mass is 10.1. The van der Waals surface area contributed by atoms with Gasteiger partial charge in [-0.05, 0) is 33.6 Å². The van der Waals surface area contributed by atoms with E-state index in [-0.39, 0.29) is 31.6 Å². The van der Waals surface area contributed by atoms with E-state index in [4.69, 9.17) is 5.11 Å². The van der Waals surface area contributed by atoms with Crippen LogP contribution in [-0.4, -0.2) is 63.3 Å². The number of carbonyl (C=O) groups excluding carboxylic acids is 1. The predicted molar refractivity (Wildman–Crippen MR) is 70.9 cm³/mol. The predicted octanol–water partition coefficient (Wildman–Crippen LogP) is 1.14. The maximum Gasteiger partial charge on any atom is 0.320 e. The number of carbonyl (C=O) groups is 2. The molecule has 0 aliphatic carbocycles. The second-order valence-electron chi connectivity index (χ2n) is 5.92. The van der Waals surface area contributed by atoms with Gasteiger partial charge < -0.3 is 20.0 Å². The van der Waals surface area contributed by atoms with Crippen LogP contribution in [0.1, 0.15) is 40.0 Å². The van der Waals surface area contributed by atoms with Gasteiger partial charge in [0.2, 0.25) is 0 Å². The summed E-state index contributed by atoms with van der Waals surface area (Å²) in [5.74, 6) is -0.915. The topological polar surface area (TPSA) is 81.1 Å². The number of carboxylic acid groups (broad SMARTS) is 1. The van der Waals surface area contributed by atoms with Crippen LogP contribution in [0.25, 0.3) is 0 Å². The Morgan fingerprint density at radius 3 is 2.47 bits per heavy atom. The van der Waals surface area contributed by atoms with Gasteiger partial charge in [-0.1, -0.05) is 0 Å². The molecule has 1 aliphatic rings. The molecule has 2 N–H and O–H groups in total. The Hall–Kier alpha value is -1.30. The first-order chi connectivity index (χ1) is 8.77. The first kappa shape index (κ1) is 15.8. The zero-order valence-electron chi connectivity index (χ0n) is 11.9. The monoisotopic (exact) mass is 272 g/mol. The summed E-state index contributed by atoms with van der Waals surface area (Å²) in [6, 6.07) is -0.313. The van der Waals surface area contributed by atoms with E-state index in [2.05, 4.69) is 0 Å². The molecule has 1 unspecified atom stereocenters. The fraction of sp³-hybridized carbons (Fsp3) is 0.846. The number of hydrogen-bond acceptors (Lipinski definition) is 3. The Bertz CT molecular complexity index is 338. The minimum Gasteiger partial charge on any atom is -0.481 e. The lowest BCUT2D eigenvalue weighted by Crippen LogP contribution is -2.54. The summed E-state index contributed by atoms with van der Waals surface area (Å²) in [4.78, 5) is 26.5. The van der Waals surface area contributed by atoms with Gasteiger partial charge in [0.05, 0.1) is 19.1 Å². The van der Waals surface area contributed by atoms with Crippen LogP contribution in [0.3, 0.4) is 0 Å². The minimum absolute atomic E-state index is 0.0390. The molecule has 0 bridgehead atoms. The van der Waals surface area contributed by atoms with E-state index in [1.807, 2.05) is 20.8 Å². The highest BCUT2D eigenvalue weighted by atomic mass is 16.4. The molecule has 1 fully saturated rings. The zero-order chi connectivity index (χ0) is 14.6. The molecule has 1 aliphatic heterocycles. The molecule has 110 valence electrons. The summed E-state index contributed by atoms with van der Waals surface area (Å²) in [7, 11) is 0. The number of nitrogens with zero attached hydrogens (tertiary/aromatic N) is 2. The van der Waals surface area contributed by atoms with Gasteiger partial charge in [0.1, 0.15) is 0 Å². The SMILES string of the molecule is CC(C)(C)N(CCC(=O)O)C(=O)N1CCCC1CO. The van der Waals surface area contributed by atoms with Crippen LogP contribution >= 0.6 is 0 Å². The van der Waals surface area contributed by atoms with E-state index in [0.717, 1.165) is 12.8 Å². The van der Waals surface area contributed by atoms with E-state index in [1.54, 1.807) is 9.80 Å². The van der Waals surface area contributed by atoms with E-state index in [9.17, 15) is 14.7 Å². The number of likely N-dealkylation sites (tertiary alicyclic amines) is 1. The van der Waals surface area contributed by atoms with Crippen molar-refractivity contribution in [2.75, 3.05) is 19.7 Å². The Morgan fingerprint density at radius 2 is 2.00 bits per heavy atom. The number of rotatable bonds is 4. The molecular weight excluding hydrogens is 248 g/mol. The van der Waals surface area contributed by atoms with Crippen LogP contribution in [-0.2, 0) is 4.79 Å². The van der Waals surface area contributed by atoms with Gasteiger partial charge in [-0.25, -0.2) is 4.79 Å². The summed E-state index contributed by atoms with van der Waals surface area (Å²) in [5.41, 5.74) is -0.435. The van der Waals surface area contributed by atoms with Crippen molar-refractivity contribution in [1.82, 2.24) is 9.80 Å². The molecule has 19 heavy (non-hydrogen) atoms. The Labute approximate surface area is 114 Å². The van der Waals surface area contributed by atoms with Crippen LogP contribution in [0.15, 0.2) is 0 Å². The molecule has 0 aromatic rings. The second kappa shape index (κ2) is 6.23. The third-order valence-electron chi connectivity index (χ3n) is 3.42. The third kappa shape index (κ3) is 4.09. The number of aliphatic carboxylic acids is 1. The van der Waals surface area contributed by atoms with Crippen molar-refractivity contribution < 1.29 is 19.8 Å². The summed E-state index contributed by atoms with van der Waals surface area (Å²) in [6.45, 7) is 6.43. The maximum absolute atomic E-state index is 12.5. The number of aliphatic hydroxyl groups is 1. The number of amides is 2. The van der Waals surface area contributed by atoms with Gasteiger partial charge in [0.25, 0.3) is 0 Å². The summed E-state index contributed by atoms with van der Waals surface area (Å²) in [5, 5.41) is 18.1. The zero-order valence-corrected chi connectivity index (χ0v) is 11.9. The number of carboxylic acids is 1. The van der Waals surface area contributed by atoms with Crippen LogP contribution in [0.5, 0.6) is 0 Å². The molecule has 0 aromatic heterocycles. The van der Waals surface area contributed by atoms with Gasteiger partial charge in [-0.2, -0.15) is 0 Å². The van der Waals surface area contributed by atoms with Gasteiger partial charge in [0.15, 0.2) is 0 Å². The van der Waals surface area contributed by atoms with Crippen molar-refractivity contribution in [1.29, 1.82) is 0 Å². The lowest BCUT2D eigenvalue weighted by Gasteiger charge is -2.39. The van der Waals surface area contributed by atoms with E-state index >= 15 is 0 Å². The fourth-order valence-electron chi connectivity index (χ4n) is 2.36. The molecule has 0 radical (unpaired) electrons. The van der Waals surface area contributed by atoms with Gasteiger partial charge >= 0.3 is 12.0 Å². The molecule has 0 spiro atoms. The Morgan fingerprint density at radius 1 is 1.37 bits per heavy atom. The summed E-state index contributed by atoms with van der Waals surface area (Å²) >= 11 is 0. The molecule has 1 rings (SSSR count). The lowest BCUT2D eigenvalue weighted by molar-refractivity contribution is -0.137. The van der Waals surface area contributed by atoms with E-state index in [0.29, 0.717) is 6.54 Å². The standard InChI is InChI=1S/C13H24N2O4/c1-13(2,3)15(8-6-11(17)18)12(19)14-7-4-5-10(14)9-16/h10,16H,4-9H2,1-3H3,(H,17,18). The molecule has 1 saturated heterocycles. The number of urea groups is 1. The maximum atomic E-state index is 12.5. The molecule has 0 aromatic carbocycles. The number of hydrogen-bond donors (Lipinski definition) is 2. The molecule has 6 heteroatoms. The molecule has 2 amide bonds. The van der Waals surface area contributed by atoms with Crippen LogP contribution in [0, 0.1) is 0 Å². The van der Waals surface area contributed by atoms with Crippen molar-refractivity contribution in [2.24, 2.45) is 0 Å². The van der Waals surface area contributed by atoms with E-state index in [1.165, 1.54) is 0 Å². The second-order valence-corrected chi connectivity index (χ2v) is 5.92. The van der Waals surface area contributed by atoms with Gasteiger partial charge in [-0.15, -0.1) is 0 Å². The quantitative estimate of drug-likeness (QED) is 0.804. The highest BCUT2D eigenvalue weighted by Gasteiger charge is 2.35. The largest absolute Gasteiger partial charge is 0.481 e. The normalized spacial score (nSPS) is 19.6.